The minimum absolute atomic E-state index is 0.0338. The summed E-state index contributed by atoms with van der Waals surface area (Å²) < 4.78 is 13.7. The zero-order valence-electron chi connectivity index (χ0n) is 9.84. The molecular weight excluding hydrogens is 239 g/mol. The zero-order valence-corrected chi connectivity index (χ0v) is 10.7. The minimum atomic E-state index is -0.313. The summed E-state index contributed by atoms with van der Waals surface area (Å²) in [5.74, 6) is 0.276. The molecule has 5 heteroatoms. The Morgan fingerprint density at radius 1 is 1.65 bits per heavy atom. The van der Waals surface area contributed by atoms with Crippen molar-refractivity contribution in [3.63, 3.8) is 0 Å². The molecule has 1 atom stereocenters. The number of nitrogens with one attached hydrogen (secondary N) is 1. The van der Waals surface area contributed by atoms with Crippen LogP contribution in [0.15, 0.2) is 11.0 Å². The van der Waals surface area contributed by atoms with Crippen molar-refractivity contribution in [3.8, 4) is 0 Å². The molecule has 0 radical (unpaired) electrons. The van der Waals surface area contributed by atoms with Gasteiger partial charge in [0.05, 0.1) is 11.6 Å². The van der Waals surface area contributed by atoms with Gasteiger partial charge in [-0.05, 0) is 19.5 Å². The number of rotatable bonds is 2. The number of hydrogen-bond donors (Lipinski definition) is 2. The van der Waals surface area contributed by atoms with E-state index in [1.807, 2.05) is 6.92 Å². The largest absolute Gasteiger partial charge is 0.398 e. The van der Waals surface area contributed by atoms with Gasteiger partial charge in [0.25, 0.3) is 0 Å². The first-order chi connectivity index (χ1) is 8.10. The van der Waals surface area contributed by atoms with Gasteiger partial charge in [0.2, 0.25) is 0 Å². The van der Waals surface area contributed by atoms with Gasteiger partial charge in [-0.1, -0.05) is 6.92 Å². The number of nitrogens with two attached hydrogens (primary N) is 1. The van der Waals surface area contributed by atoms with Crippen LogP contribution in [0.2, 0.25) is 0 Å². The number of benzene rings is 1. The predicted molar refractivity (Wildman–Crippen MR) is 68.1 cm³/mol. The van der Waals surface area contributed by atoms with Crippen LogP contribution in [0.3, 0.4) is 0 Å². The highest BCUT2D eigenvalue weighted by atomic mass is 32.2. The van der Waals surface area contributed by atoms with E-state index >= 15 is 0 Å². The van der Waals surface area contributed by atoms with E-state index in [4.69, 9.17) is 5.73 Å². The Labute approximate surface area is 104 Å². The first-order valence-corrected chi connectivity index (χ1v) is 6.53. The average Bonchev–Trinajstić information content (AvgIpc) is 2.29. The standard InChI is InChI=1S/C12H15FN2OS/c1-3-6-7(13)4-8(14)10-11(16)9(15-2)5-17-12(6)10/h4,9,15H,3,5,14H2,1-2H3. The number of anilines is 1. The van der Waals surface area contributed by atoms with E-state index in [0.29, 0.717) is 23.3 Å². The number of ketones is 1. The number of fused-ring (bicyclic) bond motifs is 1. The lowest BCUT2D eigenvalue weighted by atomic mass is 9.98. The summed E-state index contributed by atoms with van der Waals surface area (Å²) in [7, 11) is 1.74. The highest BCUT2D eigenvalue weighted by Crippen LogP contribution is 2.38. The zero-order chi connectivity index (χ0) is 12.6. The summed E-state index contributed by atoms with van der Waals surface area (Å²) in [5.41, 5.74) is 7.10. The molecule has 92 valence electrons. The first kappa shape index (κ1) is 12.4. The smallest absolute Gasteiger partial charge is 0.183 e. The molecule has 2 rings (SSSR count). The quantitative estimate of drug-likeness (QED) is 0.791. The topological polar surface area (TPSA) is 55.1 Å². The Kier molecular flexibility index (Phi) is 3.40. The maximum absolute atomic E-state index is 13.7. The third-order valence-electron chi connectivity index (χ3n) is 3.02. The van der Waals surface area contributed by atoms with Crippen molar-refractivity contribution in [1.82, 2.24) is 5.32 Å². The summed E-state index contributed by atoms with van der Waals surface area (Å²) >= 11 is 1.50. The molecule has 0 spiro atoms. The van der Waals surface area contributed by atoms with Crippen molar-refractivity contribution in [2.75, 3.05) is 18.5 Å². The van der Waals surface area contributed by atoms with E-state index < -0.39 is 0 Å². The number of carbonyl (C=O) groups is 1. The van der Waals surface area contributed by atoms with E-state index in [1.54, 1.807) is 7.05 Å². The molecule has 0 bridgehead atoms. The molecule has 0 saturated heterocycles. The second-order valence-corrected chi connectivity index (χ2v) is 5.03. The first-order valence-electron chi connectivity index (χ1n) is 5.55. The summed E-state index contributed by atoms with van der Waals surface area (Å²) in [5, 5.41) is 2.95. The lowest BCUT2D eigenvalue weighted by molar-refractivity contribution is 0.0952. The third-order valence-corrected chi connectivity index (χ3v) is 4.26. The molecule has 3 nitrogen and oxygen atoms in total. The summed E-state index contributed by atoms with van der Waals surface area (Å²) in [6.07, 6.45) is 0.568. The van der Waals surface area contributed by atoms with Crippen LogP contribution in [0.4, 0.5) is 10.1 Å². The van der Waals surface area contributed by atoms with Crippen molar-refractivity contribution in [2.24, 2.45) is 0 Å². The van der Waals surface area contributed by atoms with E-state index in [9.17, 15) is 9.18 Å². The van der Waals surface area contributed by atoms with Gasteiger partial charge in [-0.2, -0.15) is 0 Å². The fraction of sp³-hybridized carbons (Fsp3) is 0.417. The van der Waals surface area contributed by atoms with Gasteiger partial charge in [-0.25, -0.2) is 4.39 Å². The molecule has 1 aliphatic heterocycles. The maximum atomic E-state index is 13.7. The van der Waals surface area contributed by atoms with E-state index in [-0.39, 0.29) is 23.3 Å². The molecular formula is C12H15FN2OS. The Hall–Kier alpha value is -1.07. The van der Waals surface area contributed by atoms with Crippen molar-refractivity contribution in [1.29, 1.82) is 0 Å². The second-order valence-electron chi connectivity index (χ2n) is 4.00. The summed E-state index contributed by atoms with van der Waals surface area (Å²) in [6, 6.07) is 1.03. The molecule has 0 aliphatic carbocycles. The van der Waals surface area contributed by atoms with Crippen LogP contribution in [-0.2, 0) is 6.42 Å². The van der Waals surface area contributed by atoms with E-state index in [1.165, 1.54) is 17.8 Å². The van der Waals surface area contributed by atoms with Gasteiger partial charge < -0.3 is 11.1 Å². The van der Waals surface area contributed by atoms with Gasteiger partial charge in [-0.15, -0.1) is 11.8 Å². The highest BCUT2D eigenvalue weighted by Gasteiger charge is 2.31. The molecule has 0 fully saturated rings. The van der Waals surface area contributed by atoms with Crippen molar-refractivity contribution in [2.45, 2.75) is 24.3 Å². The van der Waals surface area contributed by atoms with Gasteiger partial charge in [-0.3, -0.25) is 4.79 Å². The fourth-order valence-corrected chi connectivity index (χ4v) is 3.49. The number of thioether (sulfide) groups is 1. The van der Waals surface area contributed by atoms with Crippen LogP contribution < -0.4 is 11.1 Å². The van der Waals surface area contributed by atoms with Crippen LogP contribution in [0.25, 0.3) is 0 Å². The number of nitrogen functional groups attached to an aromatic ring is 1. The molecule has 1 aromatic carbocycles. The molecule has 0 saturated carbocycles. The highest BCUT2D eigenvalue weighted by molar-refractivity contribution is 7.99. The molecule has 1 aliphatic rings. The van der Waals surface area contributed by atoms with E-state index in [0.717, 1.165) is 4.90 Å². The van der Waals surface area contributed by atoms with Gasteiger partial charge in [0, 0.05) is 21.9 Å². The number of halogens is 1. The SMILES string of the molecule is CCc1c(F)cc(N)c2c1SCC(NC)C2=O. The lowest BCUT2D eigenvalue weighted by Gasteiger charge is -2.25. The number of Topliss-reactive ketones (excluding diaryl/α,β-unsaturated/α-hetero) is 1. The maximum Gasteiger partial charge on any atom is 0.183 e. The number of carbonyl (C=O) groups excluding carboxylic acids is 1. The molecule has 1 unspecified atom stereocenters. The molecule has 3 N–H and O–H groups in total. The van der Waals surface area contributed by atoms with Crippen LogP contribution >= 0.6 is 11.8 Å². The van der Waals surface area contributed by atoms with Crippen molar-refractivity contribution in [3.05, 3.63) is 23.0 Å². The average molecular weight is 254 g/mol. The summed E-state index contributed by atoms with van der Waals surface area (Å²) in [6.45, 7) is 1.88. The third kappa shape index (κ3) is 1.93. The van der Waals surface area contributed by atoms with E-state index in [2.05, 4.69) is 5.32 Å². The van der Waals surface area contributed by atoms with Crippen molar-refractivity contribution < 1.29 is 9.18 Å². The molecule has 17 heavy (non-hydrogen) atoms. The van der Waals surface area contributed by atoms with Gasteiger partial charge in [0.1, 0.15) is 5.82 Å². The molecule has 1 aromatic rings. The van der Waals surface area contributed by atoms with Crippen LogP contribution in [0.1, 0.15) is 22.8 Å². The monoisotopic (exact) mass is 254 g/mol. The van der Waals surface area contributed by atoms with Crippen LogP contribution in [0, 0.1) is 5.82 Å². The second kappa shape index (κ2) is 4.66. The van der Waals surface area contributed by atoms with Gasteiger partial charge in [0.15, 0.2) is 5.78 Å². The fourth-order valence-electron chi connectivity index (χ4n) is 2.06. The number of hydrogen-bond acceptors (Lipinski definition) is 4. The predicted octanol–water partition coefficient (Wildman–Crippen LogP) is 1.85. The minimum Gasteiger partial charge on any atom is -0.398 e. The molecule has 0 aromatic heterocycles. The lowest BCUT2D eigenvalue weighted by Crippen LogP contribution is -2.39. The number of likely N-dealkylation sites (N-methyl/N-ethyl adjacent to an activating group) is 1. The Morgan fingerprint density at radius 2 is 2.35 bits per heavy atom. The van der Waals surface area contributed by atoms with Crippen LogP contribution in [0.5, 0.6) is 0 Å². The normalized spacial score (nSPS) is 19.2. The Morgan fingerprint density at radius 3 is 2.94 bits per heavy atom. The molecule has 0 amide bonds. The molecule has 1 heterocycles. The van der Waals surface area contributed by atoms with Gasteiger partial charge >= 0.3 is 0 Å². The summed E-state index contributed by atoms with van der Waals surface area (Å²) in [4.78, 5) is 12.9. The van der Waals surface area contributed by atoms with Crippen molar-refractivity contribution >= 4 is 23.2 Å². The van der Waals surface area contributed by atoms with Crippen LogP contribution in [-0.4, -0.2) is 24.6 Å². The Bertz CT molecular complexity index is 476. The Balaban J connectivity index is 2.61.